The van der Waals surface area contributed by atoms with Crippen molar-refractivity contribution in [3.63, 3.8) is 0 Å². The molecule has 1 saturated heterocycles. The topological polar surface area (TPSA) is 85.4 Å². The molecule has 1 N–H and O–H groups in total. The molecule has 1 fully saturated rings. The number of carbonyl (C=O) groups excluding carboxylic acids is 1. The summed E-state index contributed by atoms with van der Waals surface area (Å²) in [6.07, 6.45) is 1.58. The zero-order chi connectivity index (χ0) is 22.3. The fourth-order valence-corrected chi connectivity index (χ4v) is 4.27. The molecular formula is C22H26FN5O3S. The highest BCUT2D eigenvalue weighted by atomic mass is 32.2. The fourth-order valence-electron chi connectivity index (χ4n) is 3.50. The summed E-state index contributed by atoms with van der Waals surface area (Å²) in [5, 5.41) is 12.2. The van der Waals surface area contributed by atoms with Gasteiger partial charge in [0.05, 0.1) is 31.3 Å². The van der Waals surface area contributed by atoms with E-state index in [1.54, 1.807) is 24.5 Å². The number of furan rings is 1. The summed E-state index contributed by atoms with van der Waals surface area (Å²) in [6.45, 7) is 6.55. The van der Waals surface area contributed by atoms with Gasteiger partial charge < -0.3 is 19.0 Å². The Morgan fingerprint density at radius 2 is 1.97 bits per heavy atom. The fraction of sp³-hybridized carbons (Fsp3) is 0.409. The third-order valence-corrected chi connectivity index (χ3v) is 6.21. The van der Waals surface area contributed by atoms with Crippen LogP contribution in [0, 0.1) is 5.82 Å². The Morgan fingerprint density at radius 1 is 1.19 bits per heavy atom. The van der Waals surface area contributed by atoms with Crippen LogP contribution >= 0.6 is 11.8 Å². The lowest BCUT2D eigenvalue weighted by atomic mass is 10.2. The molecule has 1 aromatic carbocycles. The van der Waals surface area contributed by atoms with Crippen LogP contribution in [0.5, 0.6) is 0 Å². The molecule has 0 radical (unpaired) electrons. The number of amides is 1. The molecule has 8 nitrogen and oxygen atoms in total. The summed E-state index contributed by atoms with van der Waals surface area (Å²) in [5.41, 5.74) is 0.781. The molecule has 3 aromatic rings. The molecule has 170 valence electrons. The van der Waals surface area contributed by atoms with E-state index >= 15 is 0 Å². The van der Waals surface area contributed by atoms with E-state index in [2.05, 4.69) is 20.4 Å². The second-order valence-corrected chi connectivity index (χ2v) is 8.45. The van der Waals surface area contributed by atoms with Crippen molar-refractivity contribution in [3.8, 4) is 11.4 Å². The minimum Gasteiger partial charge on any atom is -0.467 e. The summed E-state index contributed by atoms with van der Waals surface area (Å²) in [4.78, 5) is 14.8. The molecule has 0 aliphatic carbocycles. The summed E-state index contributed by atoms with van der Waals surface area (Å²) in [7, 11) is 0. The minimum atomic E-state index is -0.301. The van der Waals surface area contributed by atoms with Crippen molar-refractivity contribution in [2.24, 2.45) is 0 Å². The Kier molecular flexibility index (Phi) is 7.56. The number of thioether (sulfide) groups is 1. The first-order valence-electron chi connectivity index (χ1n) is 10.5. The predicted octanol–water partition coefficient (Wildman–Crippen LogP) is 2.98. The molecule has 4 rings (SSSR count). The highest BCUT2D eigenvalue weighted by molar-refractivity contribution is 7.99. The summed E-state index contributed by atoms with van der Waals surface area (Å²) in [5.74, 6) is 1.14. The number of nitrogens with zero attached hydrogens (tertiary/aromatic N) is 4. The molecule has 2 aromatic heterocycles. The van der Waals surface area contributed by atoms with E-state index in [0.717, 1.165) is 38.4 Å². The Labute approximate surface area is 190 Å². The van der Waals surface area contributed by atoms with E-state index in [4.69, 9.17) is 9.15 Å². The SMILES string of the molecule is CC(NC(=O)CSc1nnc(-c2ccc(F)cc2)n1CCN1CCOCC1)c1ccco1. The van der Waals surface area contributed by atoms with Gasteiger partial charge in [-0.1, -0.05) is 11.8 Å². The standard InChI is InChI=1S/C22H26FN5O3S/c1-16(19-3-2-12-31-19)24-20(29)15-32-22-26-25-21(17-4-6-18(23)7-5-17)28(22)9-8-27-10-13-30-14-11-27/h2-7,12,16H,8-11,13-15H2,1H3,(H,24,29). The van der Waals surface area contributed by atoms with Crippen LogP contribution in [0.25, 0.3) is 11.4 Å². The lowest BCUT2D eigenvalue weighted by Crippen LogP contribution is -2.38. The first-order chi connectivity index (χ1) is 15.6. The van der Waals surface area contributed by atoms with E-state index in [1.165, 1.54) is 23.9 Å². The third-order valence-electron chi connectivity index (χ3n) is 5.24. The summed E-state index contributed by atoms with van der Waals surface area (Å²) in [6, 6.07) is 9.61. The number of carbonyl (C=O) groups is 1. The highest BCUT2D eigenvalue weighted by Crippen LogP contribution is 2.25. The zero-order valence-corrected chi connectivity index (χ0v) is 18.7. The van der Waals surface area contributed by atoms with E-state index in [0.29, 0.717) is 23.3 Å². The molecule has 32 heavy (non-hydrogen) atoms. The van der Waals surface area contributed by atoms with Crippen LogP contribution < -0.4 is 5.32 Å². The van der Waals surface area contributed by atoms with E-state index in [9.17, 15) is 9.18 Å². The summed E-state index contributed by atoms with van der Waals surface area (Å²) < 4.78 is 26.2. The number of aromatic nitrogens is 3. The smallest absolute Gasteiger partial charge is 0.231 e. The van der Waals surface area contributed by atoms with Crippen molar-refractivity contribution >= 4 is 17.7 Å². The van der Waals surface area contributed by atoms with Gasteiger partial charge in [-0.15, -0.1) is 10.2 Å². The molecule has 0 spiro atoms. The number of hydrogen-bond acceptors (Lipinski definition) is 7. The maximum absolute atomic E-state index is 13.4. The lowest BCUT2D eigenvalue weighted by Gasteiger charge is -2.27. The average Bonchev–Trinajstić information content (AvgIpc) is 3.48. The van der Waals surface area contributed by atoms with Gasteiger partial charge >= 0.3 is 0 Å². The molecule has 1 amide bonds. The van der Waals surface area contributed by atoms with Crippen LogP contribution in [-0.4, -0.2) is 64.2 Å². The first kappa shape index (κ1) is 22.5. The van der Waals surface area contributed by atoms with Crippen molar-refractivity contribution in [2.45, 2.75) is 24.7 Å². The van der Waals surface area contributed by atoms with E-state index < -0.39 is 0 Å². The van der Waals surface area contributed by atoms with E-state index in [-0.39, 0.29) is 23.5 Å². The number of halogens is 1. The van der Waals surface area contributed by atoms with Gasteiger partial charge in [-0.3, -0.25) is 9.69 Å². The molecule has 0 bridgehead atoms. The number of nitrogens with one attached hydrogen (secondary N) is 1. The number of hydrogen-bond donors (Lipinski definition) is 1. The van der Waals surface area contributed by atoms with Crippen LogP contribution in [0.4, 0.5) is 4.39 Å². The average molecular weight is 460 g/mol. The highest BCUT2D eigenvalue weighted by Gasteiger charge is 2.19. The van der Waals surface area contributed by atoms with Gasteiger partial charge in [-0.25, -0.2) is 4.39 Å². The van der Waals surface area contributed by atoms with Gasteiger partial charge in [-0.2, -0.15) is 0 Å². The van der Waals surface area contributed by atoms with Crippen LogP contribution in [-0.2, 0) is 16.1 Å². The Balaban J connectivity index is 1.45. The maximum atomic E-state index is 13.4. The number of morpholine rings is 1. The van der Waals surface area contributed by atoms with Gasteiger partial charge in [0.25, 0.3) is 0 Å². The lowest BCUT2D eigenvalue weighted by molar-refractivity contribution is -0.119. The van der Waals surface area contributed by atoms with Crippen molar-refractivity contribution in [1.29, 1.82) is 0 Å². The largest absolute Gasteiger partial charge is 0.467 e. The van der Waals surface area contributed by atoms with Crippen molar-refractivity contribution in [2.75, 3.05) is 38.6 Å². The molecule has 10 heteroatoms. The number of rotatable bonds is 9. The van der Waals surface area contributed by atoms with Crippen LogP contribution in [0.15, 0.2) is 52.2 Å². The van der Waals surface area contributed by atoms with Gasteiger partial charge in [0.1, 0.15) is 11.6 Å². The van der Waals surface area contributed by atoms with Crippen molar-refractivity contribution in [3.05, 3.63) is 54.2 Å². The second-order valence-electron chi connectivity index (χ2n) is 7.51. The number of ether oxygens (including phenoxy) is 1. The Morgan fingerprint density at radius 3 is 2.69 bits per heavy atom. The van der Waals surface area contributed by atoms with Gasteiger partial charge in [0.15, 0.2) is 11.0 Å². The maximum Gasteiger partial charge on any atom is 0.231 e. The quantitative estimate of drug-likeness (QED) is 0.493. The summed E-state index contributed by atoms with van der Waals surface area (Å²) >= 11 is 1.33. The van der Waals surface area contributed by atoms with Gasteiger partial charge in [0, 0.05) is 31.7 Å². The van der Waals surface area contributed by atoms with Gasteiger partial charge in [0.2, 0.25) is 5.91 Å². The van der Waals surface area contributed by atoms with E-state index in [1.807, 2.05) is 17.6 Å². The zero-order valence-electron chi connectivity index (χ0n) is 17.9. The second kappa shape index (κ2) is 10.8. The molecule has 1 atom stereocenters. The van der Waals surface area contributed by atoms with Crippen LogP contribution in [0.3, 0.4) is 0 Å². The van der Waals surface area contributed by atoms with Crippen LogP contribution in [0.1, 0.15) is 18.7 Å². The molecular weight excluding hydrogens is 433 g/mol. The van der Waals surface area contributed by atoms with Crippen LogP contribution in [0.2, 0.25) is 0 Å². The van der Waals surface area contributed by atoms with Crippen molar-refractivity contribution < 1.29 is 18.3 Å². The molecule has 1 unspecified atom stereocenters. The third kappa shape index (κ3) is 5.76. The molecule has 3 heterocycles. The number of benzene rings is 1. The Hall–Kier alpha value is -2.69. The normalized spacial score (nSPS) is 15.6. The predicted molar refractivity (Wildman–Crippen MR) is 119 cm³/mol. The molecule has 1 aliphatic rings. The van der Waals surface area contributed by atoms with Gasteiger partial charge in [-0.05, 0) is 43.3 Å². The molecule has 0 saturated carbocycles. The molecule has 1 aliphatic heterocycles. The minimum absolute atomic E-state index is 0.120. The monoisotopic (exact) mass is 459 g/mol. The Bertz CT molecular complexity index is 1000. The van der Waals surface area contributed by atoms with Crippen molar-refractivity contribution in [1.82, 2.24) is 25.0 Å². The first-order valence-corrected chi connectivity index (χ1v) is 11.5.